The molecule has 0 aliphatic heterocycles. The molecule has 1 aliphatic carbocycles. The minimum Gasteiger partial charge on any atom is -0.478 e. The standard InChI is InChI=1S/C14H16F2N2O3/c1-7-3-8(7)6-18(2)14(21)17-12-5-11(16)10(15)4-9(12)13(19)20/h4-5,7-8H,3,6H2,1-2H3,(H,17,21)(H,19,20). The maximum Gasteiger partial charge on any atom is 0.337 e. The van der Waals surface area contributed by atoms with E-state index in [1.807, 2.05) is 0 Å². The van der Waals surface area contributed by atoms with Gasteiger partial charge in [0.1, 0.15) is 0 Å². The molecule has 0 heterocycles. The number of hydrogen-bond acceptors (Lipinski definition) is 2. The van der Waals surface area contributed by atoms with Crippen molar-refractivity contribution < 1.29 is 23.5 Å². The Balaban J connectivity index is 2.12. The molecule has 2 rings (SSSR count). The summed E-state index contributed by atoms with van der Waals surface area (Å²) in [7, 11) is 1.57. The Morgan fingerprint density at radius 3 is 2.48 bits per heavy atom. The average molecular weight is 298 g/mol. The molecule has 0 bridgehead atoms. The predicted octanol–water partition coefficient (Wildman–Crippen LogP) is 2.78. The largest absolute Gasteiger partial charge is 0.478 e. The van der Waals surface area contributed by atoms with Crippen molar-refractivity contribution in [3.63, 3.8) is 0 Å². The van der Waals surface area contributed by atoms with Crippen molar-refractivity contribution in [1.29, 1.82) is 0 Å². The smallest absolute Gasteiger partial charge is 0.337 e. The number of rotatable bonds is 4. The molecule has 1 aliphatic rings. The molecule has 2 N–H and O–H groups in total. The highest BCUT2D eigenvalue weighted by Crippen LogP contribution is 2.38. The van der Waals surface area contributed by atoms with Gasteiger partial charge in [0.2, 0.25) is 0 Å². The third-order valence-electron chi connectivity index (χ3n) is 3.66. The number of carbonyl (C=O) groups excluding carboxylic acids is 1. The van der Waals surface area contributed by atoms with E-state index in [1.54, 1.807) is 7.05 Å². The van der Waals surface area contributed by atoms with Gasteiger partial charge in [-0.15, -0.1) is 0 Å². The number of nitrogens with one attached hydrogen (secondary N) is 1. The van der Waals surface area contributed by atoms with Crippen LogP contribution in [0.2, 0.25) is 0 Å². The molecule has 2 amide bonds. The van der Waals surface area contributed by atoms with Crippen molar-refractivity contribution in [3.05, 3.63) is 29.3 Å². The highest BCUT2D eigenvalue weighted by atomic mass is 19.2. The van der Waals surface area contributed by atoms with E-state index in [4.69, 9.17) is 5.11 Å². The number of carboxylic acids is 1. The number of aromatic carboxylic acids is 1. The minimum absolute atomic E-state index is 0.262. The maximum atomic E-state index is 13.2. The first-order valence-corrected chi connectivity index (χ1v) is 6.54. The number of hydrogen-bond donors (Lipinski definition) is 2. The number of nitrogens with zero attached hydrogens (tertiary/aromatic N) is 1. The van der Waals surface area contributed by atoms with Gasteiger partial charge in [-0.2, -0.15) is 0 Å². The van der Waals surface area contributed by atoms with Crippen molar-refractivity contribution in [3.8, 4) is 0 Å². The van der Waals surface area contributed by atoms with Gasteiger partial charge in [0.25, 0.3) is 0 Å². The van der Waals surface area contributed by atoms with Crippen LogP contribution in [0.25, 0.3) is 0 Å². The molecule has 0 aromatic heterocycles. The third-order valence-corrected chi connectivity index (χ3v) is 3.66. The quantitative estimate of drug-likeness (QED) is 0.898. The van der Waals surface area contributed by atoms with Crippen LogP contribution in [0.3, 0.4) is 0 Å². The van der Waals surface area contributed by atoms with Gasteiger partial charge in [0, 0.05) is 19.7 Å². The summed E-state index contributed by atoms with van der Waals surface area (Å²) in [4.78, 5) is 24.4. The first-order chi connectivity index (χ1) is 9.79. The molecule has 1 saturated carbocycles. The zero-order valence-corrected chi connectivity index (χ0v) is 11.7. The number of amides is 2. The average Bonchev–Trinajstić information content (AvgIpc) is 3.08. The second-order valence-corrected chi connectivity index (χ2v) is 5.40. The van der Waals surface area contributed by atoms with E-state index in [1.165, 1.54) is 4.90 Å². The fourth-order valence-electron chi connectivity index (χ4n) is 2.13. The van der Waals surface area contributed by atoms with E-state index < -0.39 is 29.2 Å². The summed E-state index contributed by atoms with van der Waals surface area (Å²) in [5, 5.41) is 11.3. The minimum atomic E-state index is -1.44. The highest BCUT2D eigenvalue weighted by molar-refractivity contribution is 6.00. The van der Waals surface area contributed by atoms with Crippen LogP contribution in [0.15, 0.2) is 12.1 Å². The van der Waals surface area contributed by atoms with Gasteiger partial charge in [-0.3, -0.25) is 0 Å². The molecule has 1 fully saturated rings. The van der Waals surface area contributed by atoms with Crippen LogP contribution in [0.1, 0.15) is 23.7 Å². The second kappa shape index (κ2) is 5.67. The summed E-state index contributed by atoms with van der Waals surface area (Å²) in [6.45, 7) is 2.62. The van der Waals surface area contributed by atoms with Gasteiger partial charge < -0.3 is 15.3 Å². The molecule has 1 aromatic rings. The zero-order chi connectivity index (χ0) is 15.7. The summed E-state index contributed by atoms with van der Waals surface area (Å²) in [5.41, 5.74) is -0.752. The maximum absolute atomic E-state index is 13.2. The number of carbonyl (C=O) groups is 2. The van der Waals surface area contributed by atoms with Crippen molar-refractivity contribution in [2.24, 2.45) is 11.8 Å². The first kappa shape index (κ1) is 15.2. The van der Waals surface area contributed by atoms with Crippen LogP contribution in [-0.4, -0.2) is 35.6 Å². The predicted molar refractivity (Wildman–Crippen MR) is 72.2 cm³/mol. The molecule has 5 nitrogen and oxygen atoms in total. The summed E-state index contributed by atoms with van der Waals surface area (Å²) < 4.78 is 26.3. The fraction of sp³-hybridized carbons (Fsp3) is 0.429. The number of benzene rings is 1. The molecule has 0 spiro atoms. The molecule has 2 atom stereocenters. The topological polar surface area (TPSA) is 69.6 Å². The zero-order valence-electron chi connectivity index (χ0n) is 11.7. The van der Waals surface area contributed by atoms with Crippen LogP contribution in [0.5, 0.6) is 0 Å². The lowest BCUT2D eigenvalue weighted by Gasteiger charge is -2.18. The van der Waals surface area contributed by atoms with Gasteiger partial charge >= 0.3 is 12.0 Å². The van der Waals surface area contributed by atoms with Crippen LogP contribution < -0.4 is 5.32 Å². The SMILES string of the molecule is CC1CC1CN(C)C(=O)Nc1cc(F)c(F)cc1C(=O)O. The molecule has 2 unspecified atom stereocenters. The lowest BCUT2D eigenvalue weighted by Crippen LogP contribution is -2.33. The van der Waals surface area contributed by atoms with Crippen molar-refractivity contribution in [2.75, 3.05) is 18.9 Å². The molecule has 21 heavy (non-hydrogen) atoms. The van der Waals surface area contributed by atoms with Crippen LogP contribution in [0, 0.1) is 23.5 Å². The molecule has 0 radical (unpaired) electrons. The lowest BCUT2D eigenvalue weighted by molar-refractivity contribution is 0.0697. The second-order valence-electron chi connectivity index (χ2n) is 5.40. The Morgan fingerprint density at radius 1 is 1.38 bits per heavy atom. The molecular weight excluding hydrogens is 282 g/mol. The fourth-order valence-corrected chi connectivity index (χ4v) is 2.13. The van der Waals surface area contributed by atoms with Gasteiger partial charge in [-0.25, -0.2) is 18.4 Å². The van der Waals surface area contributed by atoms with Crippen molar-refractivity contribution in [1.82, 2.24) is 4.90 Å². The molecule has 114 valence electrons. The van der Waals surface area contributed by atoms with Gasteiger partial charge in [-0.1, -0.05) is 6.92 Å². The number of carboxylic acid groups (broad SMARTS) is 1. The van der Waals surface area contributed by atoms with E-state index in [0.717, 1.165) is 6.42 Å². The lowest BCUT2D eigenvalue weighted by atomic mass is 10.1. The summed E-state index contributed by atoms with van der Waals surface area (Å²) in [6, 6.07) is 0.670. The van der Waals surface area contributed by atoms with E-state index in [-0.39, 0.29) is 5.69 Å². The molecule has 1 aromatic carbocycles. The molecule has 7 heteroatoms. The monoisotopic (exact) mass is 298 g/mol. The normalized spacial score (nSPS) is 20.0. The third kappa shape index (κ3) is 3.48. The summed E-state index contributed by atoms with van der Waals surface area (Å²) in [5.74, 6) is -2.93. The van der Waals surface area contributed by atoms with E-state index in [9.17, 15) is 18.4 Å². The van der Waals surface area contributed by atoms with Crippen molar-refractivity contribution >= 4 is 17.7 Å². The van der Waals surface area contributed by atoms with E-state index >= 15 is 0 Å². The number of anilines is 1. The molecular formula is C14H16F2N2O3. The Kier molecular flexibility index (Phi) is 4.11. The van der Waals surface area contributed by atoms with Gasteiger partial charge in [0.15, 0.2) is 11.6 Å². The van der Waals surface area contributed by atoms with Crippen molar-refractivity contribution in [2.45, 2.75) is 13.3 Å². The number of halogens is 2. The Morgan fingerprint density at radius 2 is 1.95 bits per heavy atom. The number of urea groups is 1. The van der Waals surface area contributed by atoms with Crippen LogP contribution in [0.4, 0.5) is 19.3 Å². The Bertz CT molecular complexity index is 592. The Labute approximate surface area is 120 Å². The van der Waals surface area contributed by atoms with E-state index in [0.29, 0.717) is 30.5 Å². The van der Waals surface area contributed by atoms with Gasteiger partial charge in [-0.05, 0) is 24.3 Å². The van der Waals surface area contributed by atoms with Crippen LogP contribution >= 0.6 is 0 Å². The van der Waals surface area contributed by atoms with Gasteiger partial charge in [0.05, 0.1) is 11.3 Å². The van der Waals surface area contributed by atoms with E-state index in [2.05, 4.69) is 12.2 Å². The highest BCUT2D eigenvalue weighted by Gasteiger charge is 2.34. The summed E-state index contributed by atoms with van der Waals surface area (Å²) >= 11 is 0. The summed E-state index contributed by atoms with van der Waals surface area (Å²) in [6.07, 6.45) is 1.04. The molecule has 0 saturated heterocycles. The Hall–Kier alpha value is -2.18. The first-order valence-electron chi connectivity index (χ1n) is 6.54. The van der Waals surface area contributed by atoms with Crippen LogP contribution in [-0.2, 0) is 0 Å².